The smallest absolute Gasteiger partial charge is 0.281 e. The number of H-pyrrole nitrogens is 1. The van der Waals surface area contributed by atoms with Gasteiger partial charge in [-0.3, -0.25) is 5.10 Å². The molecule has 17 heavy (non-hydrogen) atoms. The van der Waals surface area contributed by atoms with E-state index in [0.29, 0.717) is 5.69 Å². The molecule has 0 spiro atoms. The number of nitrogens with one attached hydrogen (secondary N) is 1. The predicted molar refractivity (Wildman–Crippen MR) is 53.0 cm³/mol. The van der Waals surface area contributed by atoms with Gasteiger partial charge in [-0.05, 0) is 18.4 Å². The van der Waals surface area contributed by atoms with Gasteiger partial charge in [-0.2, -0.15) is 18.3 Å². The van der Waals surface area contributed by atoms with E-state index in [1.54, 1.807) is 0 Å². The second-order valence-corrected chi connectivity index (χ2v) is 3.98. The molecule has 2 rings (SSSR count). The standard InChI is InChI=1S/C9H10F3N5/c10-9(11,12)8-6(4-14-17-13)7(15-16-8)5-2-1-3-5/h5H,1-4H2,(H,15,16). The van der Waals surface area contributed by atoms with E-state index in [1.807, 2.05) is 0 Å². The number of aromatic amines is 1. The summed E-state index contributed by atoms with van der Waals surface area (Å²) in [5.41, 5.74) is 7.69. The maximum atomic E-state index is 12.7. The van der Waals surface area contributed by atoms with Crippen LogP contribution < -0.4 is 0 Å². The Kier molecular flexibility index (Phi) is 2.97. The van der Waals surface area contributed by atoms with Crippen LogP contribution in [-0.4, -0.2) is 10.2 Å². The Hall–Kier alpha value is -1.69. The van der Waals surface area contributed by atoms with Gasteiger partial charge in [-0.1, -0.05) is 11.5 Å². The zero-order valence-electron chi connectivity index (χ0n) is 8.83. The first-order valence-corrected chi connectivity index (χ1v) is 5.19. The first kappa shape index (κ1) is 11.8. The minimum Gasteiger partial charge on any atom is -0.281 e. The van der Waals surface area contributed by atoms with Crippen molar-refractivity contribution < 1.29 is 13.2 Å². The summed E-state index contributed by atoms with van der Waals surface area (Å²) in [6.45, 7) is -0.312. The quantitative estimate of drug-likeness (QED) is 0.493. The molecule has 1 N–H and O–H groups in total. The Balaban J connectivity index is 2.38. The monoisotopic (exact) mass is 245 g/mol. The lowest BCUT2D eigenvalue weighted by molar-refractivity contribution is -0.141. The van der Waals surface area contributed by atoms with Crippen molar-refractivity contribution in [3.8, 4) is 0 Å². The molecule has 0 radical (unpaired) electrons. The molecule has 0 atom stereocenters. The lowest BCUT2D eigenvalue weighted by atomic mass is 9.81. The van der Waals surface area contributed by atoms with Gasteiger partial charge in [0.2, 0.25) is 0 Å². The predicted octanol–water partition coefficient (Wildman–Crippen LogP) is 3.51. The van der Waals surface area contributed by atoms with Crippen LogP contribution in [0.25, 0.3) is 10.4 Å². The molecule has 0 saturated heterocycles. The van der Waals surface area contributed by atoms with Crippen LogP contribution in [0, 0.1) is 0 Å². The van der Waals surface area contributed by atoms with E-state index in [1.165, 1.54) is 0 Å². The Morgan fingerprint density at radius 1 is 1.47 bits per heavy atom. The molecule has 8 heteroatoms. The van der Waals surface area contributed by atoms with Gasteiger partial charge in [0.1, 0.15) is 0 Å². The van der Waals surface area contributed by atoms with Crippen LogP contribution >= 0.6 is 0 Å². The summed E-state index contributed by atoms with van der Waals surface area (Å²) >= 11 is 0. The van der Waals surface area contributed by atoms with Crippen molar-refractivity contribution >= 4 is 0 Å². The Bertz CT molecular complexity index is 454. The zero-order valence-corrected chi connectivity index (χ0v) is 8.83. The van der Waals surface area contributed by atoms with Crippen LogP contribution in [0.3, 0.4) is 0 Å². The first-order valence-electron chi connectivity index (χ1n) is 5.19. The van der Waals surface area contributed by atoms with Crippen molar-refractivity contribution in [3.63, 3.8) is 0 Å². The third-order valence-electron chi connectivity index (χ3n) is 2.97. The van der Waals surface area contributed by atoms with Crippen LogP contribution in [0.15, 0.2) is 5.11 Å². The van der Waals surface area contributed by atoms with E-state index in [4.69, 9.17) is 5.53 Å². The molecular formula is C9H10F3N5. The number of alkyl halides is 3. The molecule has 1 aliphatic carbocycles. The lowest BCUT2D eigenvalue weighted by Crippen LogP contribution is -2.13. The Labute approximate surface area is 94.6 Å². The number of azide groups is 1. The van der Waals surface area contributed by atoms with Gasteiger partial charge in [0.25, 0.3) is 0 Å². The SMILES string of the molecule is [N-]=[N+]=NCc1c(C(F)(F)F)n[nH]c1C1CCC1. The highest BCUT2D eigenvalue weighted by molar-refractivity contribution is 5.31. The van der Waals surface area contributed by atoms with Crippen molar-refractivity contribution in [2.24, 2.45) is 5.11 Å². The van der Waals surface area contributed by atoms with Gasteiger partial charge < -0.3 is 0 Å². The number of halogens is 3. The van der Waals surface area contributed by atoms with Gasteiger partial charge >= 0.3 is 6.18 Å². The molecule has 0 amide bonds. The van der Waals surface area contributed by atoms with Crippen molar-refractivity contribution in [1.82, 2.24) is 10.2 Å². The molecule has 1 aliphatic rings. The molecule has 5 nitrogen and oxygen atoms in total. The summed E-state index contributed by atoms with van der Waals surface area (Å²) in [5, 5.41) is 8.96. The van der Waals surface area contributed by atoms with Crippen molar-refractivity contribution in [1.29, 1.82) is 0 Å². The molecule has 1 fully saturated rings. The molecule has 0 aliphatic heterocycles. The second-order valence-electron chi connectivity index (χ2n) is 3.98. The van der Waals surface area contributed by atoms with Crippen LogP contribution in [0.4, 0.5) is 13.2 Å². The summed E-state index contributed by atoms with van der Waals surface area (Å²) in [5.74, 6) is 0.0856. The van der Waals surface area contributed by atoms with Crippen LogP contribution in [-0.2, 0) is 12.7 Å². The molecular weight excluding hydrogens is 235 g/mol. The number of nitrogens with zero attached hydrogens (tertiary/aromatic N) is 4. The summed E-state index contributed by atoms with van der Waals surface area (Å²) in [7, 11) is 0. The van der Waals surface area contributed by atoms with E-state index < -0.39 is 11.9 Å². The Morgan fingerprint density at radius 2 is 2.18 bits per heavy atom. The average molecular weight is 245 g/mol. The second kappa shape index (κ2) is 4.29. The van der Waals surface area contributed by atoms with Gasteiger partial charge in [0.05, 0.1) is 6.54 Å². The normalized spacial score (nSPS) is 16.4. The molecule has 1 saturated carbocycles. The topological polar surface area (TPSA) is 77.4 Å². The van der Waals surface area contributed by atoms with Gasteiger partial charge in [0, 0.05) is 22.1 Å². The van der Waals surface area contributed by atoms with E-state index in [2.05, 4.69) is 20.2 Å². The first-order chi connectivity index (χ1) is 8.04. The molecule has 1 aromatic heterocycles. The molecule has 0 bridgehead atoms. The van der Waals surface area contributed by atoms with E-state index in [9.17, 15) is 13.2 Å². The fraction of sp³-hybridized carbons (Fsp3) is 0.667. The van der Waals surface area contributed by atoms with Gasteiger partial charge in [-0.15, -0.1) is 0 Å². The highest BCUT2D eigenvalue weighted by Crippen LogP contribution is 2.41. The molecule has 1 heterocycles. The van der Waals surface area contributed by atoms with Crippen LogP contribution in [0.2, 0.25) is 0 Å². The third kappa shape index (κ3) is 2.21. The number of hydrogen-bond donors (Lipinski definition) is 1. The number of hydrogen-bond acceptors (Lipinski definition) is 2. The van der Waals surface area contributed by atoms with E-state index in [-0.39, 0.29) is 18.0 Å². The van der Waals surface area contributed by atoms with Crippen molar-refractivity contribution in [2.45, 2.75) is 37.9 Å². The molecule has 0 aromatic carbocycles. The average Bonchev–Trinajstić information content (AvgIpc) is 2.55. The molecule has 0 unspecified atom stereocenters. The van der Waals surface area contributed by atoms with Gasteiger partial charge in [0.15, 0.2) is 5.69 Å². The van der Waals surface area contributed by atoms with Gasteiger partial charge in [-0.25, -0.2) is 0 Å². The summed E-state index contributed by atoms with van der Waals surface area (Å²) in [6, 6.07) is 0. The number of rotatable bonds is 3. The zero-order chi connectivity index (χ0) is 12.5. The molecule has 1 aromatic rings. The highest BCUT2D eigenvalue weighted by Gasteiger charge is 2.39. The van der Waals surface area contributed by atoms with E-state index in [0.717, 1.165) is 19.3 Å². The van der Waals surface area contributed by atoms with Crippen LogP contribution in [0.5, 0.6) is 0 Å². The van der Waals surface area contributed by atoms with Crippen LogP contribution in [0.1, 0.15) is 42.1 Å². The lowest BCUT2D eigenvalue weighted by Gasteiger charge is -2.25. The summed E-state index contributed by atoms with van der Waals surface area (Å²) < 4.78 is 38.0. The van der Waals surface area contributed by atoms with Crippen molar-refractivity contribution in [3.05, 3.63) is 27.4 Å². The third-order valence-corrected chi connectivity index (χ3v) is 2.97. The number of aromatic nitrogens is 2. The molecule has 92 valence electrons. The largest absolute Gasteiger partial charge is 0.435 e. The maximum absolute atomic E-state index is 12.7. The van der Waals surface area contributed by atoms with E-state index >= 15 is 0 Å². The Morgan fingerprint density at radius 3 is 2.65 bits per heavy atom. The fourth-order valence-electron chi connectivity index (χ4n) is 1.91. The summed E-state index contributed by atoms with van der Waals surface area (Å²) in [6.07, 6.45) is -1.81. The summed E-state index contributed by atoms with van der Waals surface area (Å²) in [4.78, 5) is 2.49. The fourth-order valence-corrected chi connectivity index (χ4v) is 1.91. The highest BCUT2D eigenvalue weighted by atomic mass is 19.4. The minimum absolute atomic E-state index is 0.0139. The minimum atomic E-state index is -4.52. The maximum Gasteiger partial charge on any atom is 0.435 e. The van der Waals surface area contributed by atoms with Crippen molar-refractivity contribution in [2.75, 3.05) is 0 Å².